The fourth-order valence-electron chi connectivity index (χ4n) is 5.44. The predicted molar refractivity (Wildman–Crippen MR) is 99.8 cm³/mol. The number of rotatable bonds is 5. The maximum atomic E-state index is 9.36. The molecule has 0 aromatic carbocycles. The van der Waals surface area contributed by atoms with Gasteiger partial charge in [-0.2, -0.15) is 5.26 Å². The highest BCUT2D eigenvalue weighted by Gasteiger charge is 2.40. The van der Waals surface area contributed by atoms with Crippen LogP contribution in [0, 0.1) is 40.4 Å². The Bertz CT molecular complexity index is 433. The zero-order valence-corrected chi connectivity index (χ0v) is 16.3. The predicted octanol–water partition coefficient (Wildman–Crippen LogP) is 5.69. The highest BCUT2D eigenvalue weighted by Crippen LogP contribution is 2.44. The lowest BCUT2D eigenvalue weighted by Gasteiger charge is -2.42. The average Bonchev–Trinajstić information content (AvgIpc) is 2.69. The van der Waals surface area contributed by atoms with E-state index in [9.17, 15) is 5.26 Å². The first-order chi connectivity index (χ1) is 12.2. The third-order valence-electron chi connectivity index (χ3n) is 7.42. The van der Waals surface area contributed by atoms with E-state index in [-0.39, 0.29) is 6.29 Å². The molecule has 2 aliphatic carbocycles. The summed E-state index contributed by atoms with van der Waals surface area (Å²) in [5.41, 5.74) is -0.412. The molecular weight excluding hydrogens is 310 g/mol. The van der Waals surface area contributed by atoms with Gasteiger partial charge in [0.2, 0.25) is 0 Å². The third kappa shape index (κ3) is 4.58. The van der Waals surface area contributed by atoms with Gasteiger partial charge in [0.1, 0.15) is 5.41 Å². The van der Waals surface area contributed by atoms with Gasteiger partial charge in [0.05, 0.1) is 19.3 Å². The van der Waals surface area contributed by atoms with Crippen LogP contribution in [-0.4, -0.2) is 19.5 Å². The molecule has 25 heavy (non-hydrogen) atoms. The monoisotopic (exact) mass is 347 g/mol. The van der Waals surface area contributed by atoms with Crippen LogP contribution in [0.5, 0.6) is 0 Å². The second-order valence-electron chi connectivity index (χ2n) is 8.98. The molecule has 2 saturated carbocycles. The Balaban J connectivity index is 1.40. The largest absolute Gasteiger partial charge is 0.351 e. The second-order valence-corrected chi connectivity index (χ2v) is 8.98. The summed E-state index contributed by atoms with van der Waals surface area (Å²) in [5, 5.41) is 9.36. The first-order valence-electron chi connectivity index (χ1n) is 10.8. The molecule has 3 fully saturated rings. The average molecular weight is 348 g/mol. The Morgan fingerprint density at radius 3 is 1.84 bits per heavy atom. The summed E-state index contributed by atoms with van der Waals surface area (Å²) >= 11 is 0. The van der Waals surface area contributed by atoms with Gasteiger partial charge in [0.15, 0.2) is 6.29 Å². The highest BCUT2D eigenvalue weighted by molar-refractivity contribution is 5.00. The summed E-state index contributed by atoms with van der Waals surface area (Å²) in [7, 11) is 0. The van der Waals surface area contributed by atoms with Crippen LogP contribution in [0.2, 0.25) is 0 Å². The number of hydrogen-bond acceptors (Lipinski definition) is 3. The minimum Gasteiger partial charge on any atom is -0.351 e. The molecule has 1 heterocycles. The van der Waals surface area contributed by atoms with Crippen molar-refractivity contribution in [1.82, 2.24) is 0 Å². The van der Waals surface area contributed by atoms with Crippen molar-refractivity contribution in [3.63, 3.8) is 0 Å². The van der Waals surface area contributed by atoms with Crippen molar-refractivity contribution in [2.24, 2.45) is 29.1 Å². The molecule has 0 aromatic rings. The Morgan fingerprint density at radius 1 is 0.840 bits per heavy atom. The van der Waals surface area contributed by atoms with Gasteiger partial charge < -0.3 is 9.47 Å². The normalized spacial score (nSPS) is 42.7. The topological polar surface area (TPSA) is 42.2 Å². The van der Waals surface area contributed by atoms with Crippen LogP contribution in [-0.2, 0) is 9.47 Å². The maximum absolute atomic E-state index is 9.36. The van der Waals surface area contributed by atoms with Crippen molar-refractivity contribution < 1.29 is 9.47 Å². The Kier molecular flexibility index (Phi) is 6.80. The lowest BCUT2D eigenvalue weighted by Crippen LogP contribution is -2.44. The van der Waals surface area contributed by atoms with Gasteiger partial charge in [-0.25, -0.2) is 0 Å². The molecule has 0 unspecified atom stereocenters. The molecule has 0 atom stereocenters. The molecule has 0 radical (unpaired) electrons. The van der Waals surface area contributed by atoms with Crippen LogP contribution in [0.1, 0.15) is 84.5 Å². The summed E-state index contributed by atoms with van der Waals surface area (Å²) in [6, 6.07) is 2.40. The van der Waals surface area contributed by atoms with Crippen LogP contribution in [0.4, 0.5) is 0 Å². The Morgan fingerprint density at radius 2 is 1.36 bits per heavy atom. The van der Waals surface area contributed by atoms with Crippen LogP contribution < -0.4 is 0 Å². The van der Waals surface area contributed by atoms with Crippen LogP contribution in [0.15, 0.2) is 0 Å². The fraction of sp³-hybridized carbons (Fsp3) is 0.955. The Labute approximate surface area is 154 Å². The van der Waals surface area contributed by atoms with Crippen molar-refractivity contribution in [2.75, 3.05) is 13.2 Å². The molecule has 3 rings (SSSR count). The van der Waals surface area contributed by atoms with Crippen molar-refractivity contribution in [3.05, 3.63) is 0 Å². The summed E-state index contributed by atoms with van der Waals surface area (Å²) < 4.78 is 12.0. The molecular formula is C22H37NO2. The Hall–Kier alpha value is -0.590. The van der Waals surface area contributed by atoms with E-state index in [2.05, 4.69) is 19.9 Å². The van der Waals surface area contributed by atoms with E-state index in [0.717, 1.165) is 24.2 Å². The molecule has 3 heteroatoms. The van der Waals surface area contributed by atoms with Crippen molar-refractivity contribution in [2.45, 2.75) is 90.8 Å². The third-order valence-corrected chi connectivity index (χ3v) is 7.42. The molecule has 3 nitrogen and oxygen atoms in total. The molecule has 142 valence electrons. The smallest absolute Gasteiger partial charge is 0.160 e. The molecule has 1 aliphatic heterocycles. The number of nitrogens with zero attached hydrogens (tertiary/aromatic N) is 1. The zero-order valence-electron chi connectivity index (χ0n) is 16.3. The molecule has 0 spiro atoms. The SMILES string of the molecule is CCC[C@H]1CC[C@H]([C@H]2CC[C@@H]([C@H]3OC[C@@](C#N)(CC)CO3)CC2)CC1. The van der Waals surface area contributed by atoms with E-state index in [0.29, 0.717) is 19.1 Å². The molecule has 3 aliphatic rings. The van der Waals surface area contributed by atoms with E-state index in [4.69, 9.17) is 9.47 Å². The van der Waals surface area contributed by atoms with Crippen molar-refractivity contribution in [1.29, 1.82) is 5.26 Å². The van der Waals surface area contributed by atoms with Gasteiger partial charge in [-0.15, -0.1) is 0 Å². The number of ether oxygens (including phenoxy) is 2. The standard InChI is InChI=1S/C22H37NO2/c1-3-5-17-6-8-18(9-7-17)19-10-12-20(13-11-19)21-24-15-22(4-2,14-23)16-25-21/h17-21H,3-13,15-16H2,1-2H3/t17-,18-,19-,20+,21-,22-. The van der Waals surface area contributed by atoms with Crippen molar-refractivity contribution >= 4 is 0 Å². The highest BCUT2D eigenvalue weighted by atomic mass is 16.7. The van der Waals surface area contributed by atoms with E-state index in [1.807, 2.05) is 0 Å². The zero-order chi connectivity index (χ0) is 17.7. The quantitative estimate of drug-likeness (QED) is 0.641. The van der Waals surface area contributed by atoms with Crippen LogP contribution in [0.3, 0.4) is 0 Å². The first kappa shape index (κ1) is 19.2. The lowest BCUT2D eigenvalue weighted by atomic mass is 9.68. The number of hydrogen-bond donors (Lipinski definition) is 0. The van der Waals surface area contributed by atoms with Gasteiger partial charge in [0, 0.05) is 5.92 Å². The van der Waals surface area contributed by atoms with Crippen LogP contribution in [0.25, 0.3) is 0 Å². The molecule has 0 N–H and O–H groups in total. The van der Waals surface area contributed by atoms with Gasteiger partial charge in [0.25, 0.3) is 0 Å². The van der Waals surface area contributed by atoms with Gasteiger partial charge in [-0.1, -0.05) is 39.5 Å². The van der Waals surface area contributed by atoms with Crippen LogP contribution >= 0.6 is 0 Å². The van der Waals surface area contributed by atoms with Crippen molar-refractivity contribution in [3.8, 4) is 6.07 Å². The molecule has 0 amide bonds. The minimum atomic E-state index is -0.412. The summed E-state index contributed by atoms with van der Waals surface area (Å²) in [4.78, 5) is 0. The molecule has 1 saturated heterocycles. The summed E-state index contributed by atoms with van der Waals surface area (Å²) in [5.74, 6) is 3.48. The lowest BCUT2D eigenvalue weighted by molar-refractivity contribution is -0.244. The van der Waals surface area contributed by atoms with E-state index >= 15 is 0 Å². The number of nitriles is 1. The van der Waals surface area contributed by atoms with E-state index < -0.39 is 5.41 Å². The first-order valence-corrected chi connectivity index (χ1v) is 10.8. The van der Waals surface area contributed by atoms with E-state index in [1.165, 1.54) is 64.2 Å². The summed E-state index contributed by atoms with van der Waals surface area (Å²) in [6.07, 6.45) is 14.6. The molecule has 0 bridgehead atoms. The van der Waals surface area contributed by atoms with Gasteiger partial charge >= 0.3 is 0 Å². The fourth-order valence-corrected chi connectivity index (χ4v) is 5.44. The molecule has 0 aromatic heterocycles. The van der Waals surface area contributed by atoms with Gasteiger partial charge in [-0.3, -0.25) is 0 Å². The minimum absolute atomic E-state index is 0.0609. The van der Waals surface area contributed by atoms with E-state index in [1.54, 1.807) is 0 Å². The second kappa shape index (κ2) is 8.87. The van der Waals surface area contributed by atoms with Gasteiger partial charge in [-0.05, 0) is 62.7 Å². The maximum Gasteiger partial charge on any atom is 0.160 e. The summed E-state index contributed by atoms with van der Waals surface area (Å²) in [6.45, 7) is 5.47.